The summed E-state index contributed by atoms with van der Waals surface area (Å²) in [6.45, 7) is 0. The molecule has 0 aliphatic heterocycles. The molecule has 0 saturated heterocycles. The standard InChI is InChI=1S/C9H8N2O/c12-6-11-8-1-2-9-7(5-8)3-4-10-9/h1-6,10H,(H,11,12). The van der Waals surface area contributed by atoms with Gasteiger partial charge < -0.3 is 10.3 Å². The Hall–Kier alpha value is -1.77. The number of rotatable bonds is 2. The van der Waals surface area contributed by atoms with Crippen LogP contribution in [0.1, 0.15) is 0 Å². The molecule has 1 heterocycles. The Morgan fingerprint density at radius 3 is 3.08 bits per heavy atom. The van der Waals surface area contributed by atoms with Crippen LogP contribution in [0.3, 0.4) is 0 Å². The van der Waals surface area contributed by atoms with Crippen LogP contribution in [0.5, 0.6) is 0 Å². The lowest BCUT2D eigenvalue weighted by Crippen LogP contribution is -1.92. The van der Waals surface area contributed by atoms with Gasteiger partial charge in [0.25, 0.3) is 0 Å². The highest BCUT2D eigenvalue weighted by Gasteiger charge is 1.94. The number of amides is 1. The van der Waals surface area contributed by atoms with E-state index in [2.05, 4.69) is 10.3 Å². The molecule has 60 valence electrons. The average molecular weight is 160 g/mol. The molecule has 0 bridgehead atoms. The fraction of sp³-hybridized carbons (Fsp3) is 0. The molecule has 2 N–H and O–H groups in total. The highest BCUT2D eigenvalue weighted by atomic mass is 16.1. The molecule has 2 rings (SSSR count). The molecule has 0 aliphatic rings. The first kappa shape index (κ1) is 6.91. The number of fused-ring (bicyclic) bond motifs is 1. The van der Waals surface area contributed by atoms with Gasteiger partial charge in [-0.1, -0.05) is 0 Å². The molecular formula is C9H8N2O. The Balaban J connectivity index is 2.52. The van der Waals surface area contributed by atoms with Crippen LogP contribution in [0, 0.1) is 0 Å². The summed E-state index contributed by atoms with van der Waals surface area (Å²) in [5.74, 6) is 0. The molecule has 0 atom stereocenters. The van der Waals surface area contributed by atoms with Gasteiger partial charge in [0.05, 0.1) is 0 Å². The molecule has 0 spiro atoms. The van der Waals surface area contributed by atoms with E-state index in [1.54, 1.807) is 0 Å². The number of nitrogens with one attached hydrogen (secondary N) is 2. The maximum atomic E-state index is 10.1. The second-order valence-electron chi connectivity index (χ2n) is 2.54. The van der Waals surface area contributed by atoms with Crippen LogP contribution in [-0.4, -0.2) is 11.4 Å². The number of hydrogen-bond acceptors (Lipinski definition) is 1. The summed E-state index contributed by atoms with van der Waals surface area (Å²) in [5.41, 5.74) is 1.89. The summed E-state index contributed by atoms with van der Waals surface area (Å²) in [7, 11) is 0. The van der Waals surface area contributed by atoms with E-state index < -0.39 is 0 Å². The molecule has 0 radical (unpaired) electrons. The first-order valence-electron chi connectivity index (χ1n) is 3.67. The van der Waals surface area contributed by atoms with Crippen LogP contribution in [0.15, 0.2) is 30.5 Å². The summed E-state index contributed by atoms with van der Waals surface area (Å²) in [6, 6.07) is 7.67. The van der Waals surface area contributed by atoms with Gasteiger partial charge in [-0.25, -0.2) is 0 Å². The highest BCUT2D eigenvalue weighted by Crippen LogP contribution is 2.16. The van der Waals surface area contributed by atoms with Crippen molar-refractivity contribution in [3.8, 4) is 0 Å². The van der Waals surface area contributed by atoms with Crippen LogP contribution in [0.2, 0.25) is 0 Å². The first-order chi connectivity index (χ1) is 5.90. The predicted octanol–water partition coefficient (Wildman–Crippen LogP) is 1.74. The fourth-order valence-electron chi connectivity index (χ4n) is 1.21. The molecule has 0 unspecified atom stereocenters. The molecule has 0 saturated carbocycles. The van der Waals surface area contributed by atoms with Gasteiger partial charge in [0, 0.05) is 22.8 Å². The van der Waals surface area contributed by atoms with Gasteiger partial charge in [0.15, 0.2) is 0 Å². The smallest absolute Gasteiger partial charge is 0.211 e. The van der Waals surface area contributed by atoms with Crippen molar-refractivity contribution >= 4 is 23.0 Å². The molecule has 0 fully saturated rings. The van der Waals surface area contributed by atoms with E-state index in [9.17, 15) is 4.79 Å². The lowest BCUT2D eigenvalue weighted by molar-refractivity contribution is -0.105. The van der Waals surface area contributed by atoms with Gasteiger partial charge >= 0.3 is 0 Å². The predicted molar refractivity (Wildman–Crippen MR) is 48.0 cm³/mol. The monoisotopic (exact) mass is 160 g/mol. The van der Waals surface area contributed by atoms with E-state index in [0.717, 1.165) is 16.6 Å². The lowest BCUT2D eigenvalue weighted by Gasteiger charge is -1.96. The summed E-state index contributed by atoms with van der Waals surface area (Å²) in [5, 5.41) is 3.69. The Labute approximate surface area is 69.4 Å². The largest absolute Gasteiger partial charge is 0.361 e. The van der Waals surface area contributed by atoms with E-state index in [4.69, 9.17) is 0 Å². The fourth-order valence-corrected chi connectivity index (χ4v) is 1.21. The van der Waals surface area contributed by atoms with E-state index in [1.807, 2.05) is 30.5 Å². The maximum Gasteiger partial charge on any atom is 0.211 e. The van der Waals surface area contributed by atoms with Crippen LogP contribution in [0.25, 0.3) is 10.9 Å². The quantitative estimate of drug-likeness (QED) is 0.646. The summed E-state index contributed by atoms with van der Waals surface area (Å²) in [4.78, 5) is 13.2. The Morgan fingerprint density at radius 1 is 1.33 bits per heavy atom. The van der Waals surface area contributed by atoms with Gasteiger partial charge in [-0.05, 0) is 24.3 Å². The van der Waals surface area contributed by atoms with Crippen molar-refractivity contribution in [3.63, 3.8) is 0 Å². The lowest BCUT2D eigenvalue weighted by atomic mass is 10.2. The summed E-state index contributed by atoms with van der Waals surface area (Å²) in [6.07, 6.45) is 2.54. The number of carbonyl (C=O) groups is 1. The molecule has 12 heavy (non-hydrogen) atoms. The topological polar surface area (TPSA) is 44.9 Å². The zero-order chi connectivity index (χ0) is 8.39. The normalized spacial score (nSPS) is 10.0. The maximum absolute atomic E-state index is 10.1. The molecule has 1 amide bonds. The zero-order valence-corrected chi connectivity index (χ0v) is 6.37. The van der Waals surface area contributed by atoms with Crippen molar-refractivity contribution < 1.29 is 4.79 Å². The minimum atomic E-state index is 0.674. The molecular weight excluding hydrogens is 152 g/mol. The third-order valence-electron chi connectivity index (χ3n) is 1.78. The van der Waals surface area contributed by atoms with Gasteiger partial charge in [0.2, 0.25) is 6.41 Å². The van der Waals surface area contributed by atoms with E-state index in [1.165, 1.54) is 0 Å². The van der Waals surface area contributed by atoms with E-state index >= 15 is 0 Å². The number of aromatic nitrogens is 1. The van der Waals surface area contributed by atoms with E-state index in [-0.39, 0.29) is 0 Å². The number of benzene rings is 1. The second-order valence-corrected chi connectivity index (χ2v) is 2.54. The van der Waals surface area contributed by atoms with Gasteiger partial charge in [-0.15, -0.1) is 0 Å². The Bertz CT molecular complexity index is 406. The average Bonchev–Trinajstić information content (AvgIpc) is 2.51. The third-order valence-corrected chi connectivity index (χ3v) is 1.78. The number of H-pyrrole nitrogens is 1. The van der Waals surface area contributed by atoms with Gasteiger partial charge in [-0.3, -0.25) is 4.79 Å². The van der Waals surface area contributed by atoms with Crippen LogP contribution in [0.4, 0.5) is 5.69 Å². The van der Waals surface area contributed by atoms with Crippen LogP contribution < -0.4 is 5.32 Å². The minimum Gasteiger partial charge on any atom is -0.361 e. The van der Waals surface area contributed by atoms with Crippen molar-refractivity contribution in [2.45, 2.75) is 0 Å². The summed E-state index contributed by atoms with van der Waals surface area (Å²) >= 11 is 0. The zero-order valence-electron chi connectivity index (χ0n) is 6.37. The van der Waals surface area contributed by atoms with Crippen molar-refractivity contribution in [2.75, 3.05) is 5.32 Å². The van der Waals surface area contributed by atoms with Gasteiger partial charge in [-0.2, -0.15) is 0 Å². The Kier molecular flexibility index (Phi) is 1.55. The molecule has 3 heteroatoms. The number of carbonyl (C=O) groups excluding carboxylic acids is 1. The molecule has 2 aromatic rings. The molecule has 1 aromatic heterocycles. The van der Waals surface area contributed by atoms with Crippen molar-refractivity contribution in [2.24, 2.45) is 0 Å². The van der Waals surface area contributed by atoms with Crippen LogP contribution >= 0.6 is 0 Å². The Morgan fingerprint density at radius 2 is 2.25 bits per heavy atom. The molecule has 1 aromatic carbocycles. The first-order valence-corrected chi connectivity index (χ1v) is 3.67. The third kappa shape index (κ3) is 1.05. The van der Waals surface area contributed by atoms with Gasteiger partial charge in [0.1, 0.15) is 0 Å². The minimum absolute atomic E-state index is 0.674. The molecule has 3 nitrogen and oxygen atoms in total. The molecule has 0 aliphatic carbocycles. The van der Waals surface area contributed by atoms with Crippen molar-refractivity contribution in [1.82, 2.24) is 4.98 Å². The summed E-state index contributed by atoms with van der Waals surface area (Å²) < 4.78 is 0. The SMILES string of the molecule is O=CNc1ccc2[nH]ccc2c1. The number of hydrogen-bond donors (Lipinski definition) is 2. The highest BCUT2D eigenvalue weighted by molar-refractivity contribution is 5.85. The number of anilines is 1. The number of aromatic amines is 1. The van der Waals surface area contributed by atoms with Crippen LogP contribution in [-0.2, 0) is 4.79 Å². The van der Waals surface area contributed by atoms with Crippen molar-refractivity contribution in [1.29, 1.82) is 0 Å². The van der Waals surface area contributed by atoms with Crippen molar-refractivity contribution in [3.05, 3.63) is 30.5 Å². The second kappa shape index (κ2) is 2.70. The van der Waals surface area contributed by atoms with E-state index in [0.29, 0.717) is 6.41 Å².